The Hall–Kier alpha value is -2.18. The van der Waals surface area contributed by atoms with Gasteiger partial charge in [-0.2, -0.15) is 5.10 Å². The molecule has 0 spiro atoms. The molecule has 1 aliphatic rings. The molecule has 1 N–H and O–H groups in total. The second-order valence-corrected chi connectivity index (χ2v) is 5.65. The first-order valence-electron chi connectivity index (χ1n) is 6.80. The predicted octanol–water partition coefficient (Wildman–Crippen LogP) is 0.190. The van der Waals surface area contributed by atoms with Crippen LogP contribution in [0, 0.1) is 25.7 Å². The molecule has 1 fully saturated rings. The minimum absolute atomic E-state index is 0.0863. The Morgan fingerprint density at radius 2 is 1.90 bits per heavy atom. The van der Waals surface area contributed by atoms with Crippen LogP contribution in [0.3, 0.4) is 0 Å². The van der Waals surface area contributed by atoms with Crippen LogP contribution in [-0.2, 0) is 11.8 Å². The van der Waals surface area contributed by atoms with Gasteiger partial charge in [-0.25, -0.2) is 4.68 Å². The fourth-order valence-electron chi connectivity index (χ4n) is 2.71. The molecule has 0 unspecified atom stereocenters. The lowest BCUT2D eigenvalue weighted by Crippen LogP contribution is -2.37. The molecule has 1 aliphatic heterocycles. The Kier molecular flexibility index (Phi) is 3.85. The minimum Gasteiger partial charge on any atom is -0.481 e. The zero-order chi connectivity index (χ0) is 15.9. The molecule has 7 heteroatoms. The average molecular weight is 293 g/mol. The summed E-state index contributed by atoms with van der Waals surface area (Å²) in [6.45, 7) is 5.71. The molecule has 1 saturated heterocycles. The van der Waals surface area contributed by atoms with Crippen LogP contribution >= 0.6 is 0 Å². The molecule has 1 aromatic heterocycles. The molecule has 0 aliphatic carbocycles. The van der Waals surface area contributed by atoms with E-state index in [1.165, 1.54) is 11.9 Å². The van der Waals surface area contributed by atoms with Crippen LogP contribution in [0.2, 0.25) is 0 Å². The lowest BCUT2D eigenvalue weighted by molar-refractivity contribution is -0.142. The van der Waals surface area contributed by atoms with Gasteiger partial charge in [-0.1, -0.05) is 6.92 Å². The highest BCUT2D eigenvalue weighted by Crippen LogP contribution is 2.24. The zero-order valence-corrected chi connectivity index (χ0v) is 12.6. The lowest BCUT2D eigenvalue weighted by atomic mass is 9.99. The maximum Gasteiger partial charge on any atom is 0.308 e. The van der Waals surface area contributed by atoms with Crippen LogP contribution in [0.4, 0.5) is 0 Å². The zero-order valence-electron chi connectivity index (χ0n) is 12.6. The summed E-state index contributed by atoms with van der Waals surface area (Å²) in [6, 6.07) is 0. The summed E-state index contributed by atoms with van der Waals surface area (Å²) in [7, 11) is 1.50. The summed E-state index contributed by atoms with van der Waals surface area (Å²) in [5, 5.41) is 13.2. The van der Waals surface area contributed by atoms with Crippen molar-refractivity contribution in [1.29, 1.82) is 0 Å². The predicted molar refractivity (Wildman–Crippen MR) is 75.1 cm³/mol. The molecule has 2 atom stereocenters. The van der Waals surface area contributed by atoms with Crippen molar-refractivity contribution in [3.05, 3.63) is 27.2 Å². The number of aromatic nitrogens is 2. The number of nitrogens with zero attached hydrogens (tertiary/aromatic N) is 3. The molecule has 114 valence electrons. The first-order valence-corrected chi connectivity index (χ1v) is 6.80. The number of likely N-dealkylation sites (tertiary alicyclic amines) is 1. The molecule has 0 radical (unpaired) electrons. The highest BCUT2D eigenvalue weighted by atomic mass is 16.4. The SMILES string of the molecule is Cc1nn(C)c(=O)c(C(=O)N2C[C@@H](C)[C@H](C(=O)O)C2)c1C. The summed E-state index contributed by atoms with van der Waals surface area (Å²) in [6.07, 6.45) is 0. The van der Waals surface area contributed by atoms with Crippen molar-refractivity contribution >= 4 is 11.9 Å². The standard InChI is InChI=1S/C14H19N3O4/c1-7-5-17(6-10(7)14(20)21)13(19)11-8(2)9(3)15-16(4)12(11)18/h7,10H,5-6H2,1-4H3,(H,20,21)/t7-,10-/m1/s1. The number of carboxylic acid groups (broad SMARTS) is 1. The van der Waals surface area contributed by atoms with E-state index in [0.29, 0.717) is 17.8 Å². The van der Waals surface area contributed by atoms with Crippen LogP contribution < -0.4 is 5.56 Å². The maximum absolute atomic E-state index is 12.6. The summed E-state index contributed by atoms with van der Waals surface area (Å²) in [5.74, 6) is -2.03. The van der Waals surface area contributed by atoms with E-state index >= 15 is 0 Å². The highest BCUT2D eigenvalue weighted by molar-refractivity contribution is 5.96. The molecular formula is C14H19N3O4. The van der Waals surface area contributed by atoms with E-state index in [1.54, 1.807) is 20.8 Å². The molecule has 2 heterocycles. The molecule has 21 heavy (non-hydrogen) atoms. The number of rotatable bonds is 2. The number of hydrogen-bond donors (Lipinski definition) is 1. The Bertz CT molecular complexity index is 665. The Labute approximate surface area is 122 Å². The Morgan fingerprint density at radius 1 is 1.29 bits per heavy atom. The summed E-state index contributed by atoms with van der Waals surface area (Å²) in [5.41, 5.74) is 0.801. The third kappa shape index (κ3) is 2.55. The van der Waals surface area contributed by atoms with Gasteiger partial charge in [-0.15, -0.1) is 0 Å². The van der Waals surface area contributed by atoms with Crippen molar-refractivity contribution in [1.82, 2.24) is 14.7 Å². The Morgan fingerprint density at radius 3 is 2.43 bits per heavy atom. The monoisotopic (exact) mass is 293 g/mol. The third-order valence-corrected chi connectivity index (χ3v) is 4.16. The summed E-state index contributed by atoms with van der Waals surface area (Å²) >= 11 is 0. The van der Waals surface area contributed by atoms with Crippen molar-refractivity contribution in [2.45, 2.75) is 20.8 Å². The van der Waals surface area contributed by atoms with E-state index < -0.39 is 23.4 Å². The van der Waals surface area contributed by atoms with Gasteiger partial charge in [-0.05, 0) is 25.3 Å². The fraction of sp³-hybridized carbons (Fsp3) is 0.571. The highest BCUT2D eigenvalue weighted by Gasteiger charge is 2.38. The summed E-state index contributed by atoms with van der Waals surface area (Å²) < 4.78 is 1.14. The number of aryl methyl sites for hydroxylation is 2. The van der Waals surface area contributed by atoms with E-state index in [0.717, 1.165) is 4.68 Å². The first-order chi connectivity index (χ1) is 9.73. The van der Waals surface area contributed by atoms with E-state index in [9.17, 15) is 14.4 Å². The van der Waals surface area contributed by atoms with Crippen LogP contribution in [0.5, 0.6) is 0 Å². The maximum atomic E-state index is 12.6. The van der Waals surface area contributed by atoms with Gasteiger partial charge in [0.1, 0.15) is 5.56 Å². The molecule has 0 bridgehead atoms. The molecule has 1 amide bonds. The van der Waals surface area contributed by atoms with Gasteiger partial charge in [-0.3, -0.25) is 14.4 Å². The topological polar surface area (TPSA) is 92.5 Å². The van der Waals surface area contributed by atoms with E-state index in [1.807, 2.05) is 0 Å². The first kappa shape index (κ1) is 15.2. The quantitative estimate of drug-likeness (QED) is 0.840. The average Bonchev–Trinajstić information content (AvgIpc) is 2.79. The van der Waals surface area contributed by atoms with Crippen molar-refractivity contribution in [2.24, 2.45) is 18.9 Å². The van der Waals surface area contributed by atoms with Crippen molar-refractivity contribution in [2.75, 3.05) is 13.1 Å². The van der Waals surface area contributed by atoms with Gasteiger partial charge in [0.2, 0.25) is 0 Å². The minimum atomic E-state index is -0.909. The van der Waals surface area contributed by atoms with Crippen LogP contribution in [0.1, 0.15) is 28.5 Å². The molecular weight excluding hydrogens is 274 g/mol. The van der Waals surface area contributed by atoms with Crippen molar-refractivity contribution in [3.63, 3.8) is 0 Å². The van der Waals surface area contributed by atoms with E-state index in [2.05, 4.69) is 5.10 Å². The number of aliphatic carboxylic acids is 1. The largest absolute Gasteiger partial charge is 0.481 e. The second kappa shape index (κ2) is 5.31. The second-order valence-electron chi connectivity index (χ2n) is 5.65. The van der Waals surface area contributed by atoms with Gasteiger partial charge in [0.05, 0.1) is 11.6 Å². The van der Waals surface area contributed by atoms with Gasteiger partial charge in [0, 0.05) is 20.1 Å². The molecule has 7 nitrogen and oxygen atoms in total. The van der Waals surface area contributed by atoms with Crippen molar-refractivity contribution < 1.29 is 14.7 Å². The lowest BCUT2D eigenvalue weighted by Gasteiger charge is -2.18. The number of carbonyl (C=O) groups excluding carboxylic acids is 1. The molecule has 2 rings (SSSR count). The van der Waals surface area contributed by atoms with E-state index in [4.69, 9.17) is 5.11 Å². The number of hydrogen-bond acceptors (Lipinski definition) is 4. The summed E-state index contributed by atoms with van der Waals surface area (Å²) in [4.78, 5) is 37.4. The normalized spacial score (nSPS) is 21.6. The van der Waals surface area contributed by atoms with Gasteiger partial charge >= 0.3 is 5.97 Å². The number of carboxylic acids is 1. The van der Waals surface area contributed by atoms with Gasteiger partial charge in [0.15, 0.2) is 0 Å². The molecule has 1 aromatic rings. The molecule has 0 aromatic carbocycles. The van der Waals surface area contributed by atoms with Crippen LogP contribution in [0.15, 0.2) is 4.79 Å². The van der Waals surface area contributed by atoms with Gasteiger partial charge in [0.25, 0.3) is 11.5 Å². The van der Waals surface area contributed by atoms with Gasteiger partial charge < -0.3 is 10.0 Å². The number of carbonyl (C=O) groups is 2. The molecule has 0 saturated carbocycles. The van der Waals surface area contributed by atoms with Crippen LogP contribution in [0.25, 0.3) is 0 Å². The third-order valence-electron chi connectivity index (χ3n) is 4.16. The Balaban J connectivity index is 2.39. The number of amides is 1. The van der Waals surface area contributed by atoms with Crippen molar-refractivity contribution in [3.8, 4) is 0 Å². The van der Waals surface area contributed by atoms with E-state index in [-0.39, 0.29) is 18.0 Å². The van der Waals surface area contributed by atoms with Crippen LogP contribution in [-0.4, -0.2) is 44.8 Å². The fourth-order valence-corrected chi connectivity index (χ4v) is 2.71. The smallest absolute Gasteiger partial charge is 0.308 e.